The van der Waals surface area contributed by atoms with Crippen LogP contribution in [0, 0.1) is 17.3 Å². The first kappa shape index (κ1) is 29.0. The Balaban J connectivity index is 1.59. The van der Waals surface area contributed by atoms with Gasteiger partial charge in [0.05, 0.1) is 22.5 Å². The Morgan fingerprint density at radius 1 is 0.902 bits per heavy atom. The van der Waals surface area contributed by atoms with E-state index in [0.29, 0.717) is 18.4 Å². The molecule has 0 radical (unpaired) electrons. The van der Waals surface area contributed by atoms with Crippen LogP contribution < -0.4 is 0 Å². The molecule has 2 saturated carbocycles. The molecule has 3 fully saturated rings. The monoisotopic (exact) mass is 562 g/mol. The van der Waals surface area contributed by atoms with E-state index in [1.807, 2.05) is 58.0 Å². The largest absolute Gasteiger partial charge is 0.459 e. The third kappa shape index (κ3) is 4.77. The van der Waals surface area contributed by atoms with Crippen LogP contribution in [-0.2, 0) is 28.5 Å². The lowest BCUT2D eigenvalue weighted by molar-refractivity contribution is -0.297. The summed E-state index contributed by atoms with van der Waals surface area (Å²) in [6.07, 6.45) is 0.0204. The first-order valence-corrected chi connectivity index (χ1v) is 14.2. The third-order valence-electron chi connectivity index (χ3n) is 9.36. The first-order chi connectivity index (χ1) is 19.4. The molecule has 0 aromatic heterocycles. The highest BCUT2D eigenvalue weighted by atomic mass is 16.6. The van der Waals surface area contributed by atoms with E-state index in [1.165, 1.54) is 13.0 Å². The molecule has 1 saturated heterocycles. The summed E-state index contributed by atoms with van der Waals surface area (Å²) in [5, 5.41) is 12.0. The van der Waals surface area contributed by atoms with E-state index < -0.39 is 64.9 Å². The lowest BCUT2D eigenvalue weighted by Gasteiger charge is -2.62. The number of rotatable bonds is 6. The van der Waals surface area contributed by atoms with E-state index in [9.17, 15) is 19.5 Å². The van der Waals surface area contributed by atoms with Crippen molar-refractivity contribution in [2.45, 2.75) is 83.1 Å². The number of fused-ring (bicyclic) bond motifs is 1. The minimum atomic E-state index is -1.27. The minimum Gasteiger partial charge on any atom is -0.459 e. The Hall–Kier alpha value is -3.49. The number of aliphatic hydroxyl groups is 1. The fraction of sp³-hybridized carbons (Fsp3) is 0.485. The smallest absolute Gasteiger partial charge is 0.338 e. The molecule has 8 atom stereocenters. The first-order valence-electron chi connectivity index (χ1n) is 14.2. The van der Waals surface area contributed by atoms with Crippen LogP contribution in [-0.4, -0.2) is 58.6 Å². The molecule has 0 unspecified atom stereocenters. The summed E-state index contributed by atoms with van der Waals surface area (Å²) in [6, 6.07) is 17.9. The van der Waals surface area contributed by atoms with Gasteiger partial charge in [-0.1, -0.05) is 55.5 Å². The van der Waals surface area contributed by atoms with Gasteiger partial charge in [0.2, 0.25) is 0 Å². The Labute approximate surface area is 240 Å². The summed E-state index contributed by atoms with van der Waals surface area (Å²) in [7, 11) is 0. The second-order valence-corrected chi connectivity index (χ2v) is 12.2. The molecule has 3 aliphatic rings. The number of ether oxygens (including phenoxy) is 4. The average Bonchev–Trinajstić information content (AvgIpc) is 3.15. The lowest BCUT2D eigenvalue weighted by atomic mass is 9.48. The molecule has 8 nitrogen and oxygen atoms in total. The quantitative estimate of drug-likeness (QED) is 0.306. The standard InChI is InChI=1S/C33H38O8/c1-20-16-18-24(39-25(35)19-17-22-12-8-6-9-13-22)32(5)29(40-30(37)23-14-10-7-11-15-23)27(36)26-28(38-21(2)34)33(20,32)41-31(26,3)4/h6-15,17,19-20,24,26-29,36H,16,18H2,1-5H3/b19-17+/t20-,24+,26-,27-,28-,29-,32+,33-/m1/s1. The van der Waals surface area contributed by atoms with E-state index in [1.54, 1.807) is 36.4 Å². The van der Waals surface area contributed by atoms with Crippen molar-refractivity contribution >= 4 is 24.0 Å². The highest BCUT2D eigenvalue weighted by Gasteiger charge is 2.81. The summed E-state index contributed by atoms with van der Waals surface area (Å²) in [4.78, 5) is 39.0. The van der Waals surface area contributed by atoms with Crippen molar-refractivity contribution in [2.75, 3.05) is 0 Å². The number of esters is 3. The molecule has 1 aliphatic heterocycles. The number of aliphatic hydroxyl groups excluding tert-OH is 1. The number of hydrogen-bond donors (Lipinski definition) is 1. The van der Waals surface area contributed by atoms with Crippen molar-refractivity contribution in [1.29, 1.82) is 0 Å². The van der Waals surface area contributed by atoms with Crippen molar-refractivity contribution in [3.8, 4) is 0 Å². The molecule has 1 heterocycles. The molecule has 2 aromatic rings. The molecule has 2 aromatic carbocycles. The van der Waals surface area contributed by atoms with Gasteiger partial charge >= 0.3 is 17.9 Å². The molecule has 1 spiro atoms. The van der Waals surface area contributed by atoms with Gasteiger partial charge in [0.25, 0.3) is 0 Å². The summed E-state index contributed by atoms with van der Waals surface area (Å²) >= 11 is 0. The minimum absolute atomic E-state index is 0.179. The van der Waals surface area contributed by atoms with Gasteiger partial charge in [-0.15, -0.1) is 0 Å². The maximum atomic E-state index is 13.4. The van der Waals surface area contributed by atoms with Gasteiger partial charge < -0.3 is 24.1 Å². The maximum absolute atomic E-state index is 13.4. The zero-order valence-electron chi connectivity index (χ0n) is 24.1. The topological polar surface area (TPSA) is 108 Å². The molecule has 2 bridgehead atoms. The van der Waals surface area contributed by atoms with Crippen LogP contribution in [0.2, 0.25) is 0 Å². The number of hydrogen-bond acceptors (Lipinski definition) is 8. The zero-order valence-corrected chi connectivity index (χ0v) is 24.1. The second-order valence-electron chi connectivity index (χ2n) is 12.2. The van der Waals surface area contributed by atoms with Gasteiger partial charge in [-0.05, 0) is 63.3 Å². The van der Waals surface area contributed by atoms with Crippen molar-refractivity contribution in [3.63, 3.8) is 0 Å². The number of carbonyl (C=O) groups is 3. The van der Waals surface area contributed by atoms with Crippen LogP contribution in [0.4, 0.5) is 0 Å². The molecule has 0 amide bonds. The van der Waals surface area contributed by atoms with E-state index in [4.69, 9.17) is 18.9 Å². The van der Waals surface area contributed by atoms with Gasteiger partial charge in [-0.3, -0.25) is 4.79 Å². The van der Waals surface area contributed by atoms with Crippen molar-refractivity contribution in [1.82, 2.24) is 0 Å². The Kier molecular flexibility index (Phi) is 7.59. The van der Waals surface area contributed by atoms with Gasteiger partial charge in [-0.2, -0.15) is 0 Å². The van der Waals surface area contributed by atoms with Crippen LogP contribution in [0.1, 0.15) is 63.4 Å². The van der Waals surface area contributed by atoms with Crippen molar-refractivity contribution in [2.24, 2.45) is 17.3 Å². The third-order valence-corrected chi connectivity index (χ3v) is 9.36. The van der Waals surface area contributed by atoms with Crippen LogP contribution >= 0.6 is 0 Å². The summed E-state index contributed by atoms with van der Waals surface area (Å²) in [6.45, 7) is 8.85. The molecule has 41 heavy (non-hydrogen) atoms. The van der Waals surface area contributed by atoms with Gasteiger partial charge in [-0.25, -0.2) is 9.59 Å². The molecule has 2 aliphatic carbocycles. The summed E-state index contributed by atoms with van der Waals surface area (Å²) < 4.78 is 25.1. The number of benzene rings is 2. The van der Waals surface area contributed by atoms with E-state index in [0.717, 1.165) is 5.56 Å². The predicted octanol–water partition coefficient (Wildman–Crippen LogP) is 4.74. The van der Waals surface area contributed by atoms with Crippen LogP contribution in [0.15, 0.2) is 66.7 Å². The van der Waals surface area contributed by atoms with Crippen LogP contribution in [0.25, 0.3) is 6.08 Å². The fourth-order valence-corrected chi connectivity index (χ4v) is 7.61. The number of carbonyl (C=O) groups excluding carboxylic acids is 3. The molecule has 8 heteroatoms. The molecule has 1 N–H and O–H groups in total. The normalized spacial score (nSPS) is 35.4. The predicted molar refractivity (Wildman–Crippen MR) is 150 cm³/mol. The van der Waals surface area contributed by atoms with E-state index in [2.05, 4.69) is 0 Å². The SMILES string of the molecule is CC(=O)O[C@@H]1[C@H]2[C@@H](O)[C@@H](OC(=O)c3ccccc3)[C@]3(C)[C@@H](OC(=O)/C=C/c4ccccc4)CC[C@@H](C)[C@@]13OC2(C)C. The lowest BCUT2D eigenvalue weighted by Crippen LogP contribution is -2.76. The van der Waals surface area contributed by atoms with Crippen molar-refractivity contribution in [3.05, 3.63) is 77.9 Å². The average molecular weight is 563 g/mol. The van der Waals surface area contributed by atoms with Crippen LogP contribution in [0.5, 0.6) is 0 Å². The van der Waals surface area contributed by atoms with E-state index >= 15 is 0 Å². The van der Waals surface area contributed by atoms with Gasteiger partial charge in [0, 0.05) is 13.0 Å². The Morgan fingerprint density at radius 3 is 2.17 bits per heavy atom. The highest BCUT2D eigenvalue weighted by molar-refractivity contribution is 5.89. The fourth-order valence-electron chi connectivity index (χ4n) is 7.61. The van der Waals surface area contributed by atoms with Gasteiger partial charge in [0.15, 0.2) is 0 Å². The molecule has 5 rings (SSSR count). The molecular formula is C33H38O8. The van der Waals surface area contributed by atoms with Crippen LogP contribution in [0.3, 0.4) is 0 Å². The zero-order chi connectivity index (χ0) is 29.6. The molecule has 218 valence electrons. The molecular weight excluding hydrogens is 524 g/mol. The highest BCUT2D eigenvalue weighted by Crippen LogP contribution is 2.67. The summed E-state index contributed by atoms with van der Waals surface area (Å²) in [5.74, 6) is -2.56. The van der Waals surface area contributed by atoms with Crippen molar-refractivity contribution < 1.29 is 38.4 Å². The summed E-state index contributed by atoms with van der Waals surface area (Å²) in [5.41, 5.74) is -2.25. The van der Waals surface area contributed by atoms with Gasteiger partial charge in [0.1, 0.15) is 30.0 Å². The Bertz CT molecular complexity index is 1320. The Morgan fingerprint density at radius 2 is 1.54 bits per heavy atom. The van der Waals surface area contributed by atoms with E-state index in [-0.39, 0.29) is 5.92 Å². The maximum Gasteiger partial charge on any atom is 0.338 e. The second kappa shape index (κ2) is 10.7.